The molecule has 21 heavy (non-hydrogen) atoms. The molecule has 1 aromatic heterocycles. The Morgan fingerprint density at radius 1 is 1.14 bits per heavy atom. The topological polar surface area (TPSA) is 69.3 Å². The molecule has 1 heterocycles. The first-order valence-electron chi connectivity index (χ1n) is 6.60. The molecule has 0 aliphatic rings. The van der Waals surface area contributed by atoms with Gasteiger partial charge in [0.25, 0.3) is 5.91 Å². The van der Waals surface area contributed by atoms with Gasteiger partial charge in [0.1, 0.15) is 0 Å². The number of benzene rings is 1. The number of carbonyl (C=O) groups is 2. The first-order valence-corrected chi connectivity index (χ1v) is 6.60. The molecule has 0 aliphatic carbocycles. The zero-order valence-corrected chi connectivity index (χ0v) is 12.1. The number of rotatable bonds is 5. The molecule has 0 atom stereocenters. The van der Waals surface area contributed by atoms with Crippen molar-refractivity contribution < 1.29 is 9.59 Å². The Morgan fingerprint density at radius 2 is 1.86 bits per heavy atom. The van der Waals surface area contributed by atoms with Crippen LogP contribution in [-0.4, -0.2) is 52.5 Å². The molecule has 6 heteroatoms. The van der Waals surface area contributed by atoms with E-state index >= 15 is 0 Å². The van der Waals surface area contributed by atoms with Crippen LogP contribution in [0.5, 0.6) is 0 Å². The molecule has 0 aliphatic heterocycles. The van der Waals surface area contributed by atoms with Crippen LogP contribution in [0.3, 0.4) is 0 Å². The molecule has 6 nitrogen and oxygen atoms in total. The molecule has 2 aromatic rings. The van der Waals surface area contributed by atoms with Crippen molar-refractivity contribution in [2.45, 2.75) is 6.54 Å². The van der Waals surface area contributed by atoms with Crippen LogP contribution in [0.25, 0.3) is 0 Å². The van der Waals surface area contributed by atoms with E-state index in [1.165, 1.54) is 4.90 Å². The van der Waals surface area contributed by atoms with E-state index in [0.717, 1.165) is 5.56 Å². The van der Waals surface area contributed by atoms with E-state index in [-0.39, 0.29) is 18.4 Å². The third kappa shape index (κ3) is 3.92. The fourth-order valence-electron chi connectivity index (χ4n) is 1.92. The van der Waals surface area contributed by atoms with E-state index in [1.807, 2.05) is 6.07 Å². The quantitative estimate of drug-likeness (QED) is 0.896. The minimum Gasteiger partial charge on any atom is -0.340 e. The lowest BCUT2D eigenvalue weighted by Gasteiger charge is -2.21. The van der Waals surface area contributed by atoms with Crippen LogP contribution in [0.4, 0.5) is 0 Å². The fraction of sp³-hybridized carbons (Fsp3) is 0.267. The Kier molecular flexibility index (Phi) is 4.71. The maximum atomic E-state index is 12.2. The summed E-state index contributed by atoms with van der Waals surface area (Å²) in [4.78, 5) is 27.3. The van der Waals surface area contributed by atoms with E-state index in [0.29, 0.717) is 12.1 Å². The van der Waals surface area contributed by atoms with Crippen LogP contribution >= 0.6 is 0 Å². The number of aromatic amines is 1. The maximum Gasteiger partial charge on any atom is 0.254 e. The molecule has 1 N–H and O–H groups in total. The van der Waals surface area contributed by atoms with Gasteiger partial charge in [0.05, 0.1) is 12.7 Å². The van der Waals surface area contributed by atoms with Crippen molar-refractivity contribution in [1.29, 1.82) is 0 Å². The molecule has 0 fully saturated rings. The summed E-state index contributed by atoms with van der Waals surface area (Å²) in [5.41, 5.74) is 1.49. The molecule has 0 radical (unpaired) electrons. The van der Waals surface area contributed by atoms with Gasteiger partial charge in [0.2, 0.25) is 5.91 Å². The highest BCUT2D eigenvalue weighted by molar-refractivity contribution is 5.96. The minimum absolute atomic E-state index is 0.0437. The number of nitrogens with zero attached hydrogens (tertiary/aromatic N) is 3. The summed E-state index contributed by atoms with van der Waals surface area (Å²) in [6.45, 7) is 0.505. The summed E-state index contributed by atoms with van der Waals surface area (Å²) in [5, 5.41) is 6.54. The molecule has 2 rings (SSSR count). The second-order valence-corrected chi connectivity index (χ2v) is 4.88. The first kappa shape index (κ1) is 14.8. The highest BCUT2D eigenvalue weighted by Crippen LogP contribution is 2.05. The lowest BCUT2D eigenvalue weighted by Crippen LogP contribution is -2.39. The molecular formula is C15H18N4O2. The Labute approximate surface area is 123 Å². The minimum atomic E-state index is -0.166. The largest absolute Gasteiger partial charge is 0.340 e. The smallest absolute Gasteiger partial charge is 0.254 e. The average molecular weight is 286 g/mol. The molecule has 0 saturated carbocycles. The molecule has 2 amide bonds. The molecule has 0 unspecified atom stereocenters. The van der Waals surface area contributed by atoms with Gasteiger partial charge in [-0.3, -0.25) is 14.7 Å². The van der Waals surface area contributed by atoms with Crippen molar-refractivity contribution in [3.05, 3.63) is 53.9 Å². The summed E-state index contributed by atoms with van der Waals surface area (Å²) in [5.74, 6) is -0.288. The summed E-state index contributed by atoms with van der Waals surface area (Å²) in [6.07, 6.45) is 3.41. The first-order chi connectivity index (χ1) is 10.1. The molecule has 110 valence electrons. The summed E-state index contributed by atoms with van der Waals surface area (Å²) >= 11 is 0. The predicted molar refractivity (Wildman–Crippen MR) is 78.5 cm³/mol. The monoisotopic (exact) mass is 286 g/mol. The normalized spacial score (nSPS) is 10.2. The Balaban J connectivity index is 1.91. The highest BCUT2D eigenvalue weighted by atomic mass is 16.2. The van der Waals surface area contributed by atoms with Gasteiger partial charge in [-0.1, -0.05) is 18.2 Å². The van der Waals surface area contributed by atoms with Crippen molar-refractivity contribution in [1.82, 2.24) is 20.0 Å². The molecule has 0 saturated heterocycles. The zero-order chi connectivity index (χ0) is 15.2. The van der Waals surface area contributed by atoms with Gasteiger partial charge in [0.15, 0.2) is 0 Å². The van der Waals surface area contributed by atoms with Gasteiger partial charge in [0, 0.05) is 38.0 Å². The van der Waals surface area contributed by atoms with Crippen molar-refractivity contribution >= 4 is 11.8 Å². The third-order valence-corrected chi connectivity index (χ3v) is 3.14. The van der Waals surface area contributed by atoms with Crippen LogP contribution in [0.15, 0.2) is 42.7 Å². The van der Waals surface area contributed by atoms with Crippen molar-refractivity contribution in [2.75, 3.05) is 20.6 Å². The Morgan fingerprint density at radius 3 is 2.48 bits per heavy atom. The number of carbonyl (C=O) groups excluding carboxylic acids is 2. The van der Waals surface area contributed by atoms with Gasteiger partial charge < -0.3 is 9.80 Å². The van der Waals surface area contributed by atoms with Crippen molar-refractivity contribution in [3.8, 4) is 0 Å². The van der Waals surface area contributed by atoms with Crippen molar-refractivity contribution in [2.24, 2.45) is 0 Å². The SMILES string of the molecule is CN(Cc1cn[nH]c1)C(=O)CN(C)C(=O)c1ccccc1. The van der Waals surface area contributed by atoms with Crippen LogP contribution in [0, 0.1) is 0 Å². The van der Waals surface area contributed by atoms with Gasteiger partial charge in [-0.2, -0.15) is 5.10 Å². The van der Waals surface area contributed by atoms with E-state index < -0.39 is 0 Å². The second kappa shape index (κ2) is 6.69. The van der Waals surface area contributed by atoms with Gasteiger partial charge >= 0.3 is 0 Å². The summed E-state index contributed by atoms with van der Waals surface area (Å²) in [7, 11) is 3.33. The Hall–Kier alpha value is -2.63. The fourth-order valence-corrected chi connectivity index (χ4v) is 1.92. The maximum absolute atomic E-state index is 12.2. The van der Waals surface area contributed by atoms with Gasteiger partial charge in [-0.15, -0.1) is 0 Å². The summed E-state index contributed by atoms with van der Waals surface area (Å²) < 4.78 is 0. The van der Waals surface area contributed by atoms with Crippen LogP contribution in [0.1, 0.15) is 15.9 Å². The number of H-pyrrole nitrogens is 1. The average Bonchev–Trinajstić information content (AvgIpc) is 3.00. The number of likely N-dealkylation sites (N-methyl/N-ethyl adjacent to an activating group) is 2. The van der Waals surface area contributed by atoms with Crippen LogP contribution < -0.4 is 0 Å². The van der Waals surface area contributed by atoms with E-state index in [9.17, 15) is 9.59 Å². The van der Waals surface area contributed by atoms with E-state index in [4.69, 9.17) is 0 Å². The molecular weight excluding hydrogens is 268 g/mol. The number of aromatic nitrogens is 2. The lowest BCUT2D eigenvalue weighted by molar-refractivity contribution is -0.130. The van der Waals surface area contributed by atoms with Crippen LogP contribution in [0.2, 0.25) is 0 Å². The molecule has 0 spiro atoms. The Bertz CT molecular complexity index is 595. The lowest BCUT2D eigenvalue weighted by atomic mass is 10.2. The molecule has 0 bridgehead atoms. The zero-order valence-electron chi connectivity index (χ0n) is 12.1. The highest BCUT2D eigenvalue weighted by Gasteiger charge is 2.17. The predicted octanol–water partition coefficient (Wildman–Crippen LogP) is 1.14. The standard InChI is InChI=1S/C15H18N4O2/c1-18(10-12-8-16-17-9-12)14(20)11-19(2)15(21)13-6-4-3-5-7-13/h3-9H,10-11H2,1-2H3,(H,16,17). The number of hydrogen-bond acceptors (Lipinski definition) is 3. The number of nitrogens with one attached hydrogen (secondary N) is 1. The third-order valence-electron chi connectivity index (χ3n) is 3.14. The number of hydrogen-bond donors (Lipinski definition) is 1. The second-order valence-electron chi connectivity index (χ2n) is 4.88. The molecule has 1 aromatic carbocycles. The van der Waals surface area contributed by atoms with Gasteiger partial charge in [-0.05, 0) is 12.1 Å². The van der Waals surface area contributed by atoms with Crippen molar-refractivity contribution in [3.63, 3.8) is 0 Å². The van der Waals surface area contributed by atoms with Crippen LogP contribution in [-0.2, 0) is 11.3 Å². The van der Waals surface area contributed by atoms with Gasteiger partial charge in [-0.25, -0.2) is 0 Å². The van der Waals surface area contributed by atoms with E-state index in [2.05, 4.69) is 10.2 Å². The van der Waals surface area contributed by atoms with E-state index in [1.54, 1.807) is 55.7 Å². The number of amides is 2. The summed E-state index contributed by atoms with van der Waals surface area (Å²) in [6, 6.07) is 8.92.